The Balaban J connectivity index is 2.29. The predicted octanol–water partition coefficient (Wildman–Crippen LogP) is 2.65. The van der Waals surface area contributed by atoms with Gasteiger partial charge in [-0.25, -0.2) is 0 Å². The second kappa shape index (κ2) is 5.74. The summed E-state index contributed by atoms with van der Waals surface area (Å²) in [5.41, 5.74) is 9.13. The van der Waals surface area contributed by atoms with E-state index in [2.05, 4.69) is 0 Å². The van der Waals surface area contributed by atoms with Crippen molar-refractivity contribution in [3.8, 4) is 0 Å². The van der Waals surface area contributed by atoms with Crippen LogP contribution in [-0.2, 0) is 0 Å². The number of rotatable bonds is 2. The quantitative estimate of drug-likeness (QED) is 0.888. The first-order valence-corrected chi connectivity index (χ1v) is 7.15. The van der Waals surface area contributed by atoms with E-state index >= 15 is 0 Å². The van der Waals surface area contributed by atoms with Crippen LogP contribution in [0.5, 0.6) is 0 Å². The largest absolute Gasteiger partial charge is 0.334 e. The van der Waals surface area contributed by atoms with Crippen LogP contribution in [0.4, 0.5) is 0 Å². The van der Waals surface area contributed by atoms with Crippen LogP contribution in [0.1, 0.15) is 47.7 Å². The molecule has 0 bridgehead atoms. The van der Waals surface area contributed by atoms with Crippen molar-refractivity contribution in [3.05, 3.63) is 34.9 Å². The van der Waals surface area contributed by atoms with Gasteiger partial charge in [0.05, 0.1) is 0 Å². The van der Waals surface area contributed by atoms with Crippen LogP contribution in [0.3, 0.4) is 0 Å². The monoisotopic (exact) mass is 260 g/mol. The first-order chi connectivity index (χ1) is 9.02. The van der Waals surface area contributed by atoms with E-state index in [1.165, 1.54) is 12.0 Å². The molecule has 1 amide bonds. The molecule has 2 N–H and O–H groups in total. The lowest BCUT2D eigenvalue weighted by atomic mass is 9.94. The second-order valence-electron chi connectivity index (χ2n) is 5.67. The smallest absolute Gasteiger partial charge is 0.254 e. The lowest BCUT2D eigenvalue weighted by molar-refractivity contribution is 0.0583. The number of hydrogen-bond donors (Lipinski definition) is 1. The fraction of sp³-hybridized carbons (Fsp3) is 0.562. The summed E-state index contributed by atoms with van der Waals surface area (Å²) in [6.07, 6.45) is 3.27. The van der Waals surface area contributed by atoms with Crippen molar-refractivity contribution in [1.29, 1.82) is 0 Å². The molecule has 19 heavy (non-hydrogen) atoms. The lowest BCUT2D eigenvalue weighted by Gasteiger charge is -2.38. The summed E-state index contributed by atoms with van der Waals surface area (Å²) in [5, 5.41) is 0. The third-order valence-electron chi connectivity index (χ3n) is 4.25. The van der Waals surface area contributed by atoms with Crippen LogP contribution in [0, 0.1) is 13.8 Å². The number of hydrogen-bond acceptors (Lipinski definition) is 2. The van der Waals surface area contributed by atoms with E-state index in [9.17, 15) is 4.79 Å². The van der Waals surface area contributed by atoms with Gasteiger partial charge in [0, 0.05) is 24.2 Å². The van der Waals surface area contributed by atoms with Crippen LogP contribution in [0.2, 0.25) is 0 Å². The molecule has 1 aromatic carbocycles. The van der Waals surface area contributed by atoms with Gasteiger partial charge in [0.1, 0.15) is 0 Å². The van der Waals surface area contributed by atoms with Crippen LogP contribution < -0.4 is 5.73 Å². The molecular formula is C16H24N2O. The van der Waals surface area contributed by atoms with Crippen molar-refractivity contribution in [3.63, 3.8) is 0 Å². The molecule has 0 radical (unpaired) electrons. The highest BCUT2D eigenvalue weighted by Gasteiger charge is 2.30. The number of piperidine rings is 1. The Morgan fingerprint density at radius 1 is 1.37 bits per heavy atom. The number of carbonyl (C=O) groups is 1. The Morgan fingerprint density at radius 3 is 2.79 bits per heavy atom. The fourth-order valence-corrected chi connectivity index (χ4v) is 2.89. The normalized spacial score (nSPS) is 21.3. The average molecular weight is 260 g/mol. The Morgan fingerprint density at radius 2 is 2.11 bits per heavy atom. The number of aryl methyl sites for hydroxylation is 1. The van der Waals surface area contributed by atoms with Crippen LogP contribution >= 0.6 is 0 Å². The summed E-state index contributed by atoms with van der Waals surface area (Å²) in [4.78, 5) is 14.7. The second-order valence-corrected chi connectivity index (χ2v) is 5.67. The molecule has 3 nitrogen and oxygen atoms in total. The molecule has 3 heteroatoms. The van der Waals surface area contributed by atoms with Gasteiger partial charge in [0.2, 0.25) is 0 Å². The van der Waals surface area contributed by atoms with Gasteiger partial charge >= 0.3 is 0 Å². The fourth-order valence-electron chi connectivity index (χ4n) is 2.89. The standard InChI is InChI=1S/C16H24N2O/c1-11-7-6-8-14(12(11)2)16(19)18-10-5-4-9-15(18)13(3)17/h6-8,13,15H,4-5,9-10,17H2,1-3H3/t13-,15+/m1/s1. The van der Waals surface area contributed by atoms with E-state index in [0.717, 1.165) is 30.5 Å². The predicted molar refractivity (Wildman–Crippen MR) is 78.2 cm³/mol. The Bertz CT molecular complexity index is 468. The first kappa shape index (κ1) is 14.1. The van der Waals surface area contributed by atoms with Crippen molar-refractivity contribution in [2.75, 3.05) is 6.54 Å². The van der Waals surface area contributed by atoms with E-state index in [-0.39, 0.29) is 18.0 Å². The Kier molecular flexibility index (Phi) is 4.25. The molecule has 2 rings (SSSR count). The zero-order valence-electron chi connectivity index (χ0n) is 12.1. The zero-order chi connectivity index (χ0) is 14.0. The third kappa shape index (κ3) is 2.81. The highest BCUT2D eigenvalue weighted by atomic mass is 16.2. The van der Waals surface area contributed by atoms with Crippen LogP contribution in [0.25, 0.3) is 0 Å². The molecule has 1 aliphatic heterocycles. The van der Waals surface area contributed by atoms with E-state index in [1.54, 1.807) is 0 Å². The number of benzene rings is 1. The molecule has 1 aromatic rings. The molecule has 104 valence electrons. The van der Waals surface area contributed by atoms with E-state index in [4.69, 9.17) is 5.73 Å². The number of likely N-dealkylation sites (tertiary alicyclic amines) is 1. The average Bonchev–Trinajstić information content (AvgIpc) is 2.41. The highest BCUT2D eigenvalue weighted by Crippen LogP contribution is 2.23. The van der Waals surface area contributed by atoms with Gasteiger partial charge < -0.3 is 10.6 Å². The zero-order valence-corrected chi connectivity index (χ0v) is 12.1. The minimum Gasteiger partial charge on any atom is -0.334 e. The Hall–Kier alpha value is -1.35. The van der Waals surface area contributed by atoms with Gasteiger partial charge in [-0.2, -0.15) is 0 Å². The van der Waals surface area contributed by atoms with Crippen LogP contribution in [0.15, 0.2) is 18.2 Å². The van der Waals surface area contributed by atoms with Crippen molar-refractivity contribution in [2.24, 2.45) is 5.73 Å². The minimum absolute atomic E-state index is 0.0364. The van der Waals surface area contributed by atoms with Crippen molar-refractivity contribution >= 4 is 5.91 Å². The summed E-state index contributed by atoms with van der Waals surface area (Å²) >= 11 is 0. The van der Waals surface area contributed by atoms with E-state index in [1.807, 2.05) is 43.9 Å². The summed E-state index contributed by atoms with van der Waals surface area (Å²) in [7, 11) is 0. The summed E-state index contributed by atoms with van der Waals surface area (Å²) in [6, 6.07) is 6.15. The highest BCUT2D eigenvalue weighted by molar-refractivity contribution is 5.96. The molecule has 1 fully saturated rings. The topological polar surface area (TPSA) is 46.3 Å². The molecule has 2 atom stereocenters. The molecule has 0 saturated carbocycles. The molecule has 0 unspecified atom stereocenters. The third-order valence-corrected chi connectivity index (χ3v) is 4.25. The van der Waals surface area contributed by atoms with E-state index < -0.39 is 0 Å². The maximum atomic E-state index is 12.8. The Labute approximate surface area is 115 Å². The first-order valence-electron chi connectivity index (χ1n) is 7.15. The summed E-state index contributed by atoms with van der Waals surface area (Å²) < 4.78 is 0. The lowest BCUT2D eigenvalue weighted by Crippen LogP contribution is -2.51. The molecule has 1 saturated heterocycles. The number of carbonyl (C=O) groups excluding carboxylic acids is 1. The molecule has 1 aliphatic rings. The van der Waals surface area contributed by atoms with Crippen LogP contribution in [-0.4, -0.2) is 29.4 Å². The summed E-state index contributed by atoms with van der Waals surface area (Å²) in [6.45, 7) is 6.90. The summed E-state index contributed by atoms with van der Waals surface area (Å²) in [5.74, 6) is 0.142. The van der Waals surface area contributed by atoms with Gasteiger partial charge in [-0.15, -0.1) is 0 Å². The maximum absolute atomic E-state index is 12.8. The van der Waals surface area contributed by atoms with Gasteiger partial charge in [-0.3, -0.25) is 4.79 Å². The van der Waals surface area contributed by atoms with Crippen molar-refractivity contribution in [2.45, 2.75) is 52.1 Å². The van der Waals surface area contributed by atoms with Gasteiger partial charge in [0.15, 0.2) is 0 Å². The van der Waals surface area contributed by atoms with Gasteiger partial charge in [-0.05, 0) is 57.2 Å². The van der Waals surface area contributed by atoms with Gasteiger partial charge in [-0.1, -0.05) is 12.1 Å². The minimum atomic E-state index is 0.0364. The maximum Gasteiger partial charge on any atom is 0.254 e. The molecule has 1 heterocycles. The van der Waals surface area contributed by atoms with Crippen molar-refractivity contribution < 1.29 is 4.79 Å². The molecule has 0 aliphatic carbocycles. The van der Waals surface area contributed by atoms with Gasteiger partial charge in [0.25, 0.3) is 5.91 Å². The number of nitrogens with zero attached hydrogens (tertiary/aromatic N) is 1. The molecular weight excluding hydrogens is 236 g/mol. The molecule has 0 aromatic heterocycles. The molecule has 0 spiro atoms. The number of amides is 1. The van der Waals surface area contributed by atoms with E-state index in [0.29, 0.717) is 0 Å². The SMILES string of the molecule is Cc1cccc(C(=O)N2CCCC[C@H]2[C@@H](C)N)c1C. The number of nitrogens with two attached hydrogens (primary N) is 1. The van der Waals surface area contributed by atoms with Crippen molar-refractivity contribution in [1.82, 2.24) is 4.90 Å².